The van der Waals surface area contributed by atoms with Gasteiger partial charge in [-0.25, -0.2) is 23.4 Å². The molecule has 0 spiro atoms. The predicted octanol–water partition coefficient (Wildman–Crippen LogP) is 5.62. The number of hydrogen-bond acceptors (Lipinski definition) is 8. The van der Waals surface area contributed by atoms with E-state index in [1.54, 1.807) is 6.92 Å². The van der Waals surface area contributed by atoms with Crippen LogP contribution in [-0.4, -0.2) is 57.5 Å². The molecule has 0 saturated heterocycles. The SMILES string of the molecule is Cc1nc(S(=O)(=O)CCO)c2c(n1)nc(C)n2CCCCCCCCCCCCCCCC(=O)OC(C)C. The van der Waals surface area contributed by atoms with Crippen LogP contribution >= 0.6 is 0 Å². The first-order valence-electron chi connectivity index (χ1n) is 14.4. The standard InChI is InChI=1S/C28H48N4O5S/c1-22(2)37-25(34)18-16-14-12-10-8-6-5-7-9-11-13-15-17-19-32-24(4)31-27-26(32)28(30-23(3)29-27)38(35,36)21-20-33/h22,33H,5-21H2,1-4H3. The van der Waals surface area contributed by atoms with Crippen molar-refractivity contribution in [3.05, 3.63) is 11.6 Å². The number of ether oxygens (including phenoxy) is 1. The van der Waals surface area contributed by atoms with E-state index in [0.29, 0.717) is 30.0 Å². The van der Waals surface area contributed by atoms with Crippen LogP contribution in [0.4, 0.5) is 0 Å². The van der Waals surface area contributed by atoms with Gasteiger partial charge in [-0.3, -0.25) is 4.79 Å². The van der Waals surface area contributed by atoms with Crippen molar-refractivity contribution < 1.29 is 23.1 Å². The van der Waals surface area contributed by atoms with Crippen molar-refractivity contribution >= 4 is 27.0 Å². The maximum Gasteiger partial charge on any atom is 0.306 e. The van der Waals surface area contributed by atoms with Crippen LogP contribution in [0.1, 0.15) is 115 Å². The van der Waals surface area contributed by atoms with Crippen LogP contribution in [0, 0.1) is 13.8 Å². The van der Waals surface area contributed by atoms with E-state index in [4.69, 9.17) is 4.74 Å². The van der Waals surface area contributed by atoms with Gasteiger partial charge in [-0.05, 0) is 40.5 Å². The zero-order valence-electron chi connectivity index (χ0n) is 23.9. The topological polar surface area (TPSA) is 124 Å². The number of rotatable bonds is 20. The summed E-state index contributed by atoms with van der Waals surface area (Å²) in [6.45, 7) is 7.52. The minimum atomic E-state index is -3.71. The number of esters is 1. The van der Waals surface area contributed by atoms with Gasteiger partial charge in [0.15, 0.2) is 20.5 Å². The van der Waals surface area contributed by atoms with Crippen LogP contribution in [0.5, 0.6) is 0 Å². The van der Waals surface area contributed by atoms with Crippen LogP contribution in [0.15, 0.2) is 5.03 Å². The molecule has 0 unspecified atom stereocenters. The summed E-state index contributed by atoms with van der Waals surface area (Å²) in [7, 11) is -3.71. The number of hydrogen-bond donors (Lipinski definition) is 1. The molecule has 9 nitrogen and oxygen atoms in total. The molecular formula is C28H48N4O5S. The number of imidazole rings is 1. The van der Waals surface area contributed by atoms with Crippen LogP contribution in [-0.2, 0) is 25.9 Å². The fourth-order valence-corrected chi connectivity index (χ4v) is 5.93. The van der Waals surface area contributed by atoms with Crippen molar-refractivity contribution in [1.29, 1.82) is 0 Å². The molecule has 0 saturated carbocycles. The molecule has 0 amide bonds. The minimum absolute atomic E-state index is 0.0188. The summed E-state index contributed by atoms with van der Waals surface area (Å²) in [4.78, 5) is 24.5. The fourth-order valence-electron chi connectivity index (χ4n) is 4.73. The second kappa shape index (κ2) is 16.8. The smallest absolute Gasteiger partial charge is 0.306 e. The second-order valence-electron chi connectivity index (χ2n) is 10.5. The van der Waals surface area contributed by atoms with E-state index in [1.165, 1.54) is 51.4 Å². The molecule has 0 aliphatic rings. The molecule has 0 bridgehead atoms. The molecule has 38 heavy (non-hydrogen) atoms. The van der Waals surface area contributed by atoms with Crippen molar-refractivity contribution in [2.75, 3.05) is 12.4 Å². The lowest BCUT2D eigenvalue weighted by Crippen LogP contribution is -2.15. The maximum atomic E-state index is 12.7. The first-order valence-corrected chi connectivity index (χ1v) is 16.1. The third-order valence-corrected chi connectivity index (χ3v) is 8.25. The van der Waals surface area contributed by atoms with Crippen molar-refractivity contribution in [2.24, 2.45) is 0 Å². The molecule has 2 heterocycles. The number of aliphatic hydroxyl groups excluding tert-OH is 1. The average Bonchev–Trinajstić information content (AvgIpc) is 3.14. The molecule has 2 aromatic rings. The molecule has 10 heteroatoms. The number of sulfone groups is 1. The van der Waals surface area contributed by atoms with Gasteiger partial charge in [0.05, 0.1) is 18.5 Å². The highest BCUT2D eigenvalue weighted by Gasteiger charge is 2.25. The lowest BCUT2D eigenvalue weighted by atomic mass is 10.0. The third-order valence-electron chi connectivity index (χ3n) is 6.66. The molecule has 2 aromatic heterocycles. The largest absolute Gasteiger partial charge is 0.463 e. The Labute approximate surface area is 228 Å². The van der Waals surface area contributed by atoms with Gasteiger partial charge in [-0.2, -0.15) is 0 Å². The van der Waals surface area contributed by atoms with Crippen molar-refractivity contribution in [1.82, 2.24) is 19.5 Å². The molecule has 2 rings (SSSR count). The zero-order chi connectivity index (χ0) is 28.0. The van der Waals surface area contributed by atoms with Crippen molar-refractivity contribution in [3.63, 3.8) is 0 Å². The Kier molecular flexibility index (Phi) is 14.2. The molecule has 0 atom stereocenters. The van der Waals surface area contributed by atoms with E-state index in [9.17, 15) is 18.3 Å². The van der Waals surface area contributed by atoms with Gasteiger partial charge in [-0.15, -0.1) is 0 Å². The van der Waals surface area contributed by atoms with Gasteiger partial charge in [-0.1, -0.05) is 70.6 Å². The lowest BCUT2D eigenvalue weighted by molar-refractivity contribution is -0.147. The zero-order valence-corrected chi connectivity index (χ0v) is 24.7. The molecule has 0 radical (unpaired) electrons. The summed E-state index contributed by atoms with van der Waals surface area (Å²) in [6, 6.07) is 0. The Morgan fingerprint density at radius 1 is 0.842 bits per heavy atom. The number of nitrogens with zero attached hydrogens (tertiary/aromatic N) is 4. The minimum Gasteiger partial charge on any atom is -0.463 e. The first-order chi connectivity index (χ1) is 18.2. The Bertz CT molecular complexity index is 1100. The van der Waals surface area contributed by atoms with Crippen LogP contribution in [0.25, 0.3) is 11.2 Å². The monoisotopic (exact) mass is 552 g/mol. The highest BCUT2D eigenvalue weighted by Crippen LogP contribution is 2.24. The predicted molar refractivity (Wildman–Crippen MR) is 150 cm³/mol. The number of aryl methyl sites for hydroxylation is 3. The Balaban J connectivity index is 1.59. The molecular weight excluding hydrogens is 504 g/mol. The molecule has 0 aliphatic carbocycles. The van der Waals surface area contributed by atoms with E-state index in [-0.39, 0.29) is 22.9 Å². The van der Waals surface area contributed by atoms with Gasteiger partial charge in [0.2, 0.25) is 0 Å². The summed E-state index contributed by atoms with van der Waals surface area (Å²) in [5, 5.41) is 9.17. The highest BCUT2D eigenvalue weighted by atomic mass is 32.2. The van der Waals surface area contributed by atoms with Gasteiger partial charge in [0, 0.05) is 13.0 Å². The molecule has 0 fully saturated rings. The summed E-state index contributed by atoms with van der Waals surface area (Å²) in [5.41, 5.74) is 0.855. The summed E-state index contributed by atoms with van der Waals surface area (Å²) >= 11 is 0. The Morgan fingerprint density at radius 3 is 1.89 bits per heavy atom. The Hall–Kier alpha value is -2.07. The molecule has 0 aliphatic heterocycles. The van der Waals surface area contributed by atoms with Crippen LogP contribution in [0.2, 0.25) is 0 Å². The quantitative estimate of drug-likeness (QED) is 0.127. The normalized spacial score (nSPS) is 12.1. The fraction of sp³-hybridized carbons (Fsp3) is 0.786. The highest BCUT2D eigenvalue weighted by molar-refractivity contribution is 7.91. The van der Waals surface area contributed by atoms with Gasteiger partial charge in [0.1, 0.15) is 17.2 Å². The molecule has 1 N–H and O–H groups in total. The molecule has 216 valence electrons. The van der Waals surface area contributed by atoms with Crippen molar-refractivity contribution in [2.45, 2.75) is 135 Å². The van der Waals surface area contributed by atoms with Crippen molar-refractivity contribution in [3.8, 4) is 0 Å². The Morgan fingerprint density at radius 2 is 1.37 bits per heavy atom. The number of aromatic nitrogens is 4. The van der Waals surface area contributed by atoms with E-state index in [1.807, 2.05) is 25.3 Å². The van der Waals surface area contributed by atoms with Gasteiger partial charge < -0.3 is 14.4 Å². The van der Waals surface area contributed by atoms with E-state index >= 15 is 0 Å². The first kappa shape index (κ1) is 32.1. The van der Waals surface area contributed by atoms with Crippen LogP contribution < -0.4 is 0 Å². The number of fused-ring (bicyclic) bond motifs is 1. The number of unbranched alkanes of at least 4 members (excludes halogenated alkanes) is 12. The number of aliphatic hydroxyl groups is 1. The second-order valence-corrected chi connectivity index (χ2v) is 12.5. The number of carbonyl (C=O) groups is 1. The number of carbonyl (C=O) groups excluding carboxylic acids is 1. The van der Waals surface area contributed by atoms with Crippen LogP contribution in [0.3, 0.4) is 0 Å². The van der Waals surface area contributed by atoms with E-state index < -0.39 is 16.4 Å². The maximum absolute atomic E-state index is 12.7. The third kappa shape index (κ3) is 11.0. The summed E-state index contributed by atoms with van der Waals surface area (Å²) in [6.07, 6.45) is 15.8. The van der Waals surface area contributed by atoms with Gasteiger partial charge in [0.25, 0.3) is 0 Å². The summed E-state index contributed by atoms with van der Waals surface area (Å²) in [5.74, 6) is 0.654. The average molecular weight is 553 g/mol. The van der Waals surface area contributed by atoms with E-state index in [2.05, 4.69) is 15.0 Å². The van der Waals surface area contributed by atoms with E-state index in [0.717, 1.165) is 37.9 Å². The molecule has 0 aromatic carbocycles. The van der Waals surface area contributed by atoms with Gasteiger partial charge >= 0.3 is 5.97 Å². The summed E-state index contributed by atoms with van der Waals surface area (Å²) < 4.78 is 32.5. The lowest BCUT2D eigenvalue weighted by Gasteiger charge is -2.10.